The van der Waals surface area contributed by atoms with E-state index in [9.17, 15) is 0 Å². The van der Waals surface area contributed by atoms with Crippen LogP contribution in [0.2, 0.25) is 0 Å². The minimum Gasteiger partial charge on any atom is -1.00 e. The van der Waals surface area contributed by atoms with E-state index in [1.807, 2.05) is 0 Å². The van der Waals surface area contributed by atoms with Gasteiger partial charge in [0.1, 0.15) is 0 Å². The SMILES string of the molecule is [CH]1CCCCC1.[Cl-].[Hg+]. The molecule has 0 aromatic carbocycles. The summed E-state index contributed by atoms with van der Waals surface area (Å²) in [6, 6.07) is 0. The molecule has 0 aromatic rings. The average molecular weight is 319 g/mol. The van der Waals surface area contributed by atoms with Gasteiger partial charge in [0.25, 0.3) is 0 Å². The summed E-state index contributed by atoms with van der Waals surface area (Å²) in [6.07, 6.45) is 9.50. The third-order valence-electron chi connectivity index (χ3n) is 1.32. The van der Waals surface area contributed by atoms with Gasteiger partial charge in [0, 0.05) is 0 Å². The maximum atomic E-state index is 2.39. The Morgan fingerprint density at radius 3 is 1.50 bits per heavy atom. The van der Waals surface area contributed by atoms with E-state index in [0.717, 1.165) is 0 Å². The van der Waals surface area contributed by atoms with Crippen molar-refractivity contribution in [2.75, 3.05) is 0 Å². The Hall–Kier alpha value is 1.23. The Morgan fingerprint density at radius 2 is 1.38 bits per heavy atom. The first-order valence-corrected chi connectivity index (χ1v) is 2.82. The van der Waals surface area contributed by atoms with Crippen LogP contribution in [0.5, 0.6) is 0 Å². The van der Waals surface area contributed by atoms with Gasteiger partial charge in [-0.15, -0.1) is 0 Å². The van der Waals surface area contributed by atoms with Crippen LogP contribution in [0.4, 0.5) is 0 Å². The van der Waals surface area contributed by atoms with Crippen LogP contribution >= 0.6 is 0 Å². The summed E-state index contributed by atoms with van der Waals surface area (Å²) >= 11 is 0. The van der Waals surface area contributed by atoms with E-state index in [1.165, 1.54) is 32.1 Å². The van der Waals surface area contributed by atoms with Gasteiger partial charge >= 0.3 is 27.7 Å². The van der Waals surface area contributed by atoms with Crippen LogP contribution in [-0.2, 0) is 27.7 Å². The molecule has 1 fully saturated rings. The summed E-state index contributed by atoms with van der Waals surface area (Å²) in [6.45, 7) is 0. The third-order valence-corrected chi connectivity index (χ3v) is 1.32. The largest absolute Gasteiger partial charge is 1.00 e. The van der Waals surface area contributed by atoms with Crippen molar-refractivity contribution in [1.82, 2.24) is 0 Å². The maximum absolute atomic E-state index is 2.39. The Morgan fingerprint density at radius 1 is 0.875 bits per heavy atom. The van der Waals surface area contributed by atoms with E-state index in [0.29, 0.717) is 0 Å². The number of halogens is 1. The van der Waals surface area contributed by atoms with Gasteiger partial charge in [-0.25, -0.2) is 0 Å². The van der Waals surface area contributed by atoms with Crippen LogP contribution in [-0.4, -0.2) is 0 Å². The first-order chi connectivity index (χ1) is 3.00. The summed E-state index contributed by atoms with van der Waals surface area (Å²) in [4.78, 5) is 0. The molecule has 0 atom stereocenters. The zero-order chi connectivity index (χ0) is 4.24. The third kappa shape index (κ3) is 5.36. The molecule has 0 amide bonds. The van der Waals surface area contributed by atoms with Gasteiger partial charge in [0.2, 0.25) is 0 Å². The molecule has 8 heavy (non-hydrogen) atoms. The molecule has 2 heteroatoms. The first kappa shape index (κ1) is 12.0. The smallest absolute Gasteiger partial charge is 1.00 e. The molecule has 1 aliphatic rings. The summed E-state index contributed by atoms with van der Waals surface area (Å²) in [5.41, 5.74) is 0. The quantitative estimate of drug-likeness (QED) is 0.511. The topological polar surface area (TPSA) is 0 Å². The van der Waals surface area contributed by atoms with E-state index in [-0.39, 0.29) is 40.1 Å². The van der Waals surface area contributed by atoms with Crippen molar-refractivity contribution in [3.05, 3.63) is 6.42 Å². The molecule has 0 unspecified atom stereocenters. The van der Waals surface area contributed by atoms with Crippen LogP contribution in [0.15, 0.2) is 0 Å². The summed E-state index contributed by atoms with van der Waals surface area (Å²) in [5.74, 6) is 0. The van der Waals surface area contributed by atoms with Crippen molar-refractivity contribution in [2.45, 2.75) is 32.1 Å². The fourth-order valence-corrected chi connectivity index (χ4v) is 0.898. The van der Waals surface area contributed by atoms with Crippen LogP contribution in [0, 0.1) is 6.42 Å². The fraction of sp³-hybridized carbons (Fsp3) is 0.833. The van der Waals surface area contributed by atoms with E-state index in [4.69, 9.17) is 0 Å². The molecule has 44 valence electrons. The molecule has 0 spiro atoms. The molecule has 0 saturated heterocycles. The first-order valence-electron chi connectivity index (χ1n) is 2.82. The second-order valence-electron chi connectivity index (χ2n) is 1.93. The van der Waals surface area contributed by atoms with Crippen molar-refractivity contribution in [1.29, 1.82) is 0 Å². The Labute approximate surface area is 78.3 Å². The molecule has 2 radical (unpaired) electrons. The van der Waals surface area contributed by atoms with Crippen LogP contribution in [0.3, 0.4) is 0 Å². The second kappa shape index (κ2) is 8.23. The van der Waals surface area contributed by atoms with Crippen molar-refractivity contribution < 1.29 is 40.1 Å². The Bertz CT molecular complexity index is 24.0. The number of hydrogen-bond acceptors (Lipinski definition) is 0. The maximum Gasteiger partial charge on any atom is 1.00 e. The van der Waals surface area contributed by atoms with Gasteiger partial charge in [0.05, 0.1) is 0 Å². The van der Waals surface area contributed by atoms with Crippen molar-refractivity contribution in [3.63, 3.8) is 0 Å². The Balaban J connectivity index is 0. The van der Waals surface area contributed by atoms with Gasteiger partial charge in [-0.05, 0) is 6.42 Å². The van der Waals surface area contributed by atoms with Gasteiger partial charge in [-0.2, -0.15) is 0 Å². The fourth-order valence-electron chi connectivity index (χ4n) is 0.898. The number of rotatable bonds is 0. The monoisotopic (exact) mass is 320 g/mol. The van der Waals surface area contributed by atoms with Crippen LogP contribution in [0.25, 0.3) is 0 Å². The predicted molar refractivity (Wildman–Crippen MR) is 27.4 cm³/mol. The van der Waals surface area contributed by atoms with E-state index in [1.54, 1.807) is 0 Å². The summed E-state index contributed by atoms with van der Waals surface area (Å²) < 4.78 is 0. The minimum atomic E-state index is 0. The Kier molecular flexibility index (Phi) is 12.3. The number of hydrogen-bond donors (Lipinski definition) is 0. The zero-order valence-corrected chi connectivity index (χ0v) is 11.5. The van der Waals surface area contributed by atoms with Crippen molar-refractivity contribution in [2.24, 2.45) is 0 Å². The molecule has 0 N–H and O–H groups in total. The van der Waals surface area contributed by atoms with E-state index >= 15 is 0 Å². The molecule has 1 aliphatic carbocycles. The van der Waals surface area contributed by atoms with Gasteiger partial charge in [-0.3, -0.25) is 0 Å². The molecular formula is C6H11ClHg. The molecule has 0 aliphatic heterocycles. The molecule has 0 bridgehead atoms. The van der Waals surface area contributed by atoms with Gasteiger partial charge < -0.3 is 12.4 Å². The summed E-state index contributed by atoms with van der Waals surface area (Å²) in [5, 5.41) is 0. The van der Waals surface area contributed by atoms with E-state index in [2.05, 4.69) is 6.42 Å². The van der Waals surface area contributed by atoms with Crippen LogP contribution in [0.1, 0.15) is 32.1 Å². The molecule has 1 saturated carbocycles. The summed E-state index contributed by atoms with van der Waals surface area (Å²) in [7, 11) is 0. The minimum absolute atomic E-state index is 0. The normalized spacial score (nSPS) is 18.0. The molecule has 0 nitrogen and oxygen atoms in total. The van der Waals surface area contributed by atoms with E-state index < -0.39 is 0 Å². The van der Waals surface area contributed by atoms with Crippen molar-refractivity contribution in [3.8, 4) is 0 Å². The molecule has 0 aromatic heterocycles. The van der Waals surface area contributed by atoms with Gasteiger partial charge in [-0.1, -0.05) is 32.1 Å². The zero-order valence-electron chi connectivity index (χ0n) is 5.20. The second-order valence-corrected chi connectivity index (χ2v) is 1.93. The molecule has 0 heterocycles. The van der Waals surface area contributed by atoms with Crippen molar-refractivity contribution >= 4 is 0 Å². The average Bonchev–Trinajstić information content (AvgIpc) is 1.72. The standard InChI is InChI=1S/C6H11.ClH.Hg/c1-2-4-6-5-3-1;;/h1H,2-6H2;1H;/q;;+1/p-1. The van der Waals surface area contributed by atoms with Crippen LogP contribution < -0.4 is 12.4 Å². The molecular weight excluding hydrogens is 308 g/mol. The van der Waals surface area contributed by atoms with Gasteiger partial charge in [0.15, 0.2) is 0 Å². The predicted octanol–water partition coefficient (Wildman–Crippen LogP) is -0.844. The molecule has 1 rings (SSSR count).